The Hall–Kier alpha value is -1.99. The summed E-state index contributed by atoms with van der Waals surface area (Å²) in [5.74, 6) is 0. The monoisotopic (exact) mass is 392 g/mol. The molecule has 0 spiro atoms. The molecule has 1 unspecified atom stereocenters. The molecule has 1 atom stereocenters. The van der Waals surface area contributed by atoms with Crippen LogP contribution in [0.2, 0.25) is 0 Å². The number of ether oxygens (including phenoxy) is 2. The molecule has 3 heteroatoms. The normalized spacial score (nSPS) is 17.9. The van der Waals surface area contributed by atoms with Crippen LogP contribution in [0.15, 0.2) is 91.0 Å². The molecule has 0 N–H and O–H groups in total. The van der Waals surface area contributed by atoms with E-state index in [1.165, 1.54) is 22.3 Å². The molecular formula is C25H29O2P. The average Bonchev–Trinajstić information content (AvgIpc) is 2.79. The van der Waals surface area contributed by atoms with Crippen molar-refractivity contribution in [1.82, 2.24) is 0 Å². The molecule has 2 nitrogen and oxygen atoms in total. The predicted octanol–water partition coefficient (Wildman–Crippen LogP) is 4.26. The van der Waals surface area contributed by atoms with E-state index in [2.05, 4.69) is 91.0 Å². The summed E-state index contributed by atoms with van der Waals surface area (Å²) in [7, 11) is -2.19. The van der Waals surface area contributed by atoms with Crippen molar-refractivity contribution in [1.29, 1.82) is 0 Å². The van der Waals surface area contributed by atoms with Crippen molar-refractivity contribution < 1.29 is 9.47 Å². The van der Waals surface area contributed by atoms with E-state index in [9.17, 15) is 0 Å². The number of hydrogen-bond acceptors (Lipinski definition) is 2. The van der Waals surface area contributed by atoms with Gasteiger partial charge in [0.15, 0.2) is 0 Å². The SMILES string of the molecule is c1ccc([PH](CCOC2CCCCO2)(c2ccccc2)c2ccccc2)cc1. The second-order valence-corrected chi connectivity index (χ2v) is 11.5. The summed E-state index contributed by atoms with van der Waals surface area (Å²) in [6.45, 7) is 1.54. The first kappa shape index (κ1) is 19.3. The van der Waals surface area contributed by atoms with Gasteiger partial charge in [0.05, 0.1) is 0 Å². The zero-order valence-corrected chi connectivity index (χ0v) is 17.3. The molecule has 146 valence electrons. The zero-order chi connectivity index (χ0) is 19.1. The summed E-state index contributed by atoms with van der Waals surface area (Å²) < 4.78 is 12.0. The van der Waals surface area contributed by atoms with E-state index < -0.39 is 7.26 Å². The van der Waals surface area contributed by atoms with E-state index in [0.29, 0.717) is 0 Å². The molecule has 1 saturated heterocycles. The molecule has 0 radical (unpaired) electrons. The molecule has 4 rings (SSSR count). The summed E-state index contributed by atoms with van der Waals surface area (Å²) in [5.41, 5.74) is 0. The van der Waals surface area contributed by atoms with E-state index in [1.54, 1.807) is 0 Å². The van der Waals surface area contributed by atoms with E-state index in [0.717, 1.165) is 32.2 Å². The topological polar surface area (TPSA) is 18.5 Å². The van der Waals surface area contributed by atoms with Crippen LogP contribution in [0, 0.1) is 0 Å². The molecule has 0 amide bonds. The first-order valence-corrected chi connectivity index (χ1v) is 12.5. The van der Waals surface area contributed by atoms with Gasteiger partial charge in [0.2, 0.25) is 0 Å². The van der Waals surface area contributed by atoms with Crippen LogP contribution in [0.1, 0.15) is 19.3 Å². The van der Waals surface area contributed by atoms with Crippen molar-refractivity contribution in [3.63, 3.8) is 0 Å². The molecule has 1 aliphatic rings. The summed E-state index contributed by atoms with van der Waals surface area (Å²) >= 11 is 0. The van der Waals surface area contributed by atoms with Gasteiger partial charge in [-0.15, -0.1) is 0 Å². The third-order valence-corrected chi connectivity index (χ3v) is 10.6. The van der Waals surface area contributed by atoms with Gasteiger partial charge in [0, 0.05) is 0 Å². The fourth-order valence-corrected chi connectivity index (χ4v) is 8.86. The van der Waals surface area contributed by atoms with E-state index in [4.69, 9.17) is 9.47 Å². The standard InChI is InChI=1S/C25H29O2P/c1-4-12-22(13-5-1)28(23-14-6-2-7-15-23,24-16-8-3-9-17-24)21-20-27-25-18-10-11-19-26-25/h1-9,12-17,25,28H,10-11,18-21H2. The number of hydrogen-bond donors (Lipinski definition) is 0. The van der Waals surface area contributed by atoms with Gasteiger partial charge in [-0.2, -0.15) is 0 Å². The van der Waals surface area contributed by atoms with Gasteiger partial charge in [-0.1, -0.05) is 0 Å². The maximum atomic E-state index is 6.22. The molecule has 1 aliphatic heterocycles. The van der Waals surface area contributed by atoms with Crippen molar-refractivity contribution in [3.05, 3.63) is 91.0 Å². The Morgan fingerprint density at radius 2 is 1.21 bits per heavy atom. The number of benzene rings is 3. The molecule has 3 aromatic carbocycles. The van der Waals surface area contributed by atoms with Gasteiger partial charge in [0.1, 0.15) is 0 Å². The second-order valence-electron chi connectivity index (χ2n) is 7.42. The van der Waals surface area contributed by atoms with Crippen molar-refractivity contribution in [3.8, 4) is 0 Å². The quantitative estimate of drug-likeness (QED) is 0.560. The van der Waals surface area contributed by atoms with Crippen LogP contribution >= 0.6 is 7.26 Å². The van der Waals surface area contributed by atoms with Crippen LogP contribution in [-0.2, 0) is 9.47 Å². The van der Waals surface area contributed by atoms with Crippen molar-refractivity contribution in [2.75, 3.05) is 19.4 Å². The summed E-state index contributed by atoms with van der Waals surface area (Å²) in [6, 6.07) is 33.0. The molecule has 28 heavy (non-hydrogen) atoms. The molecule has 1 fully saturated rings. The Morgan fingerprint density at radius 3 is 1.64 bits per heavy atom. The molecule has 0 bridgehead atoms. The fraction of sp³-hybridized carbons (Fsp3) is 0.280. The summed E-state index contributed by atoms with van der Waals surface area (Å²) in [6.07, 6.45) is 4.32. The van der Waals surface area contributed by atoms with Crippen LogP contribution < -0.4 is 15.9 Å². The molecule has 0 aliphatic carbocycles. The molecule has 3 aromatic rings. The van der Waals surface area contributed by atoms with E-state index in [-0.39, 0.29) is 6.29 Å². The van der Waals surface area contributed by atoms with Crippen LogP contribution in [0.25, 0.3) is 0 Å². The fourth-order valence-electron chi connectivity index (χ4n) is 4.29. The van der Waals surface area contributed by atoms with E-state index in [1.807, 2.05) is 0 Å². The molecular weight excluding hydrogens is 363 g/mol. The van der Waals surface area contributed by atoms with Crippen LogP contribution in [0.3, 0.4) is 0 Å². The molecule has 0 saturated carbocycles. The Bertz CT molecular complexity index is 734. The number of rotatable bonds is 7. The van der Waals surface area contributed by atoms with Crippen LogP contribution in [0.5, 0.6) is 0 Å². The predicted molar refractivity (Wildman–Crippen MR) is 121 cm³/mol. The van der Waals surface area contributed by atoms with Gasteiger partial charge in [-0.05, 0) is 0 Å². The summed E-state index contributed by atoms with van der Waals surface area (Å²) in [5, 5.41) is 4.29. The van der Waals surface area contributed by atoms with Crippen molar-refractivity contribution in [2.24, 2.45) is 0 Å². The van der Waals surface area contributed by atoms with Crippen LogP contribution in [0.4, 0.5) is 0 Å². The average molecular weight is 392 g/mol. The Morgan fingerprint density at radius 1 is 0.714 bits per heavy atom. The third kappa shape index (κ3) is 4.20. The molecule has 0 aromatic heterocycles. The second kappa shape index (κ2) is 9.47. The molecule has 1 heterocycles. The van der Waals surface area contributed by atoms with Gasteiger partial charge in [0.25, 0.3) is 0 Å². The van der Waals surface area contributed by atoms with Crippen molar-refractivity contribution >= 4 is 23.2 Å². The van der Waals surface area contributed by atoms with E-state index >= 15 is 0 Å². The Labute approximate surface area is 168 Å². The minimum atomic E-state index is -2.19. The zero-order valence-electron chi connectivity index (χ0n) is 16.3. The third-order valence-electron chi connectivity index (χ3n) is 5.72. The first-order chi connectivity index (χ1) is 13.9. The maximum absolute atomic E-state index is 6.22. The van der Waals surface area contributed by atoms with Crippen LogP contribution in [-0.4, -0.2) is 25.7 Å². The van der Waals surface area contributed by atoms with Gasteiger partial charge < -0.3 is 0 Å². The Balaban J connectivity index is 1.72. The van der Waals surface area contributed by atoms with Gasteiger partial charge in [-0.25, -0.2) is 0 Å². The Kier molecular flexibility index (Phi) is 6.54. The first-order valence-electron chi connectivity index (χ1n) is 10.3. The van der Waals surface area contributed by atoms with Gasteiger partial charge in [-0.3, -0.25) is 0 Å². The minimum absolute atomic E-state index is 0.0391. The van der Waals surface area contributed by atoms with Gasteiger partial charge >= 0.3 is 169 Å². The summed E-state index contributed by atoms with van der Waals surface area (Å²) in [4.78, 5) is 0. The van der Waals surface area contributed by atoms with Crippen molar-refractivity contribution in [2.45, 2.75) is 25.6 Å².